The molecule has 1 unspecified atom stereocenters. The van der Waals surface area contributed by atoms with E-state index < -0.39 is 0 Å². The molecule has 0 aromatic rings. The van der Waals surface area contributed by atoms with E-state index in [9.17, 15) is 4.79 Å². The molecule has 88 valence electrons. The van der Waals surface area contributed by atoms with Crippen molar-refractivity contribution >= 4 is 5.91 Å². The minimum atomic E-state index is -0.00530. The molecule has 0 bridgehead atoms. The number of carbonyl (C=O) groups excluding carboxylic acids is 1. The van der Waals surface area contributed by atoms with E-state index in [1.807, 2.05) is 13.8 Å². The maximum atomic E-state index is 11.3. The third-order valence-corrected chi connectivity index (χ3v) is 2.53. The van der Waals surface area contributed by atoms with Gasteiger partial charge in [0.05, 0.1) is 6.10 Å². The molecule has 4 heteroatoms. The monoisotopic (exact) mass is 214 g/mol. The van der Waals surface area contributed by atoms with E-state index in [1.165, 1.54) is 12.8 Å². The van der Waals surface area contributed by atoms with E-state index in [-0.39, 0.29) is 18.6 Å². The molecular formula is C11H22N2O2. The van der Waals surface area contributed by atoms with Gasteiger partial charge in [-0.25, -0.2) is 0 Å². The van der Waals surface area contributed by atoms with Crippen LogP contribution in [0.15, 0.2) is 0 Å². The van der Waals surface area contributed by atoms with Gasteiger partial charge in [-0.1, -0.05) is 0 Å². The highest BCUT2D eigenvalue weighted by Crippen LogP contribution is 2.07. The Morgan fingerprint density at radius 2 is 2.40 bits per heavy atom. The minimum absolute atomic E-state index is 0.00530. The summed E-state index contributed by atoms with van der Waals surface area (Å²) in [6, 6.07) is 0. The number of nitrogens with one attached hydrogen (secondary N) is 2. The number of ether oxygens (including phenoxy) is 1. The molecule has 1 fully saturated rings. The van der Waals surface area contributed by atoms with Gasteiger partial charge in [-0.3, -0.25) is 4.79 Å². The van der Waals surface area contributed by atoms with Crippen LogP contribution in [0, 0.1) is 5.92 Å². The molecule has 0 radical (unpaired) electrons. The van der Waals surface area contributed by atoms with Crippen molar-refractivity contribution in [3.63, 3.8) is 0 Å². The quantitative estimate of drug-likeness (QED) is 0.702. The molecule has 2 N–H and O–H groups in total. The van der Waals surface area contributed by atoms with Crippen molar-refractivity contribution < 1.29 is 9.53 Å². The summed E-state index contributed by atoms with van der Waals surface area (Å²) in [7, 11) is 0. The third-order valence-electron chi connectivity index (χ3n) is 2.53. The van der Waals surface area contributed by atoms with Crippen LogP contribution in [0.5, 0.6) is 0 Å². The molecule has 0 spiro atoms. The first-order chi connectivity index (χ1) is 7.18. The predicted molar refractivity (Wildman–Crippen MR) is 59.7 cm³/mol. The zero-order chi connectivity index (χ0) is 11.1. The fourth-order valence-corrected chi connectivity index (χ4v) is 1.65. The van der Waals surface area contributed by atoms with E-state index in [2.05, 4.69) is 10.6 Å². The van der Waals surface area contributed by atoms with Crippen molar-refractivity contribution in [2.24, 2.45) is 5.92 Å². The summed E-state index contributed by atoms with van der Waals surface area (Å²) in [6.07, 6.45) is 2.54. The zero-order valence-corrected chi connectivity index (χ0v) is 9.71. The number of piperidine rings is 1. The predicted octanol–water partition coefficient (Wildman–Crippen LogP) is 0.527. The van der Waals surface area contributed by atoms with Crippen molar-refractivity contribution in [3.8, 4) is 0 Å². The second-order valence-electron chi connectivity index (χ2n) is 4.38. The molecule has 4 nitrogen and oxygen atoms in total. The van der Waals surface area contributed by atoms with Gasteiger partial charge >= 0.3 is 0 Å². The Kier molecular flexibility index (Phi) is 5.65. The first-order valence-electron chi connectivity index (χ1n) is 5.77. The summed E-state index contributed by atoms with van der Waals surface area (Å²) in [5, 5.41) is 6.23. The molecule has 0 aliphatic carbocycles. The molecule has 1 heterocycles. The highest BCUT2D eigenvalue weighted by molar-refractivity contribution is 5.77. The smallest absolute Gasteiger partial charge is 0.246 e. The molecule has 0 aromatic carbocycles. The summed E-state index contributed by atoms with van der Waals surface area (Å²) in [5.41, 5.74) is 0. The lowest BCUT2D eigenvalue weighted by atomic mass is 10.00. The van der Waals surface area contributed by atoms with Crippen LogP contribution in [-0.2, 0) is 9.53 Å². The van der Waals surface area contributed by atoms with E-state index in [1.54, 1.807) is 0 Å². The summed E-state index contributed by atoms with van der Waals surface area (Å²) in [5.74, 6) is 0.580. The Labute approximate surface area is 91.8 Å². The highest BCUT2D eigenvalue weighted by atomic mass is 16.5. The van der Waals surface area contributed by atoms with Crippen molar-refractivity contribution in [1.29, 1.82) is 0 Å². The third kappa shape index (κ3) is 5.74. The van der Waals surface area contributed by atoms with Gasteiger partial charge in [0.25, 0.3) is 0 Å². The summed E-state index contributed by atoms with van der Waals surface area (Å²) in [4.78, 5) is 11.3. The van der Waals surface area contributed by atoms with Gasteiger partial charge in [-0.05, 0) is 45.7 Å². The van der Waals surface area contributed by atoms with Crippen LogP contribution in [-0.4, -0.2) is 38.3 Å². The van der Waals surface area contributed by atoms with Crippen LogP contribution in [0.25, 0.3) is 0 Å². The molecule has 1 aliphatic rings. The van der Waals surface area contributed by atoms with Gasteiger partial charge in [-0.2, -0.15) is 0 Å². The van der Waals surface area contributed by atoms with Gasteiger partial charge < -0.3 is 15.4 Å². The lowest BCUT2D eigenvalue weighted by molar-refractivity contribution is -0.127. The van der Waals surface area contributed by atoms with E-state index in [4.69, 9.17) is 4.74 Å². The normalized spacial score (nSPS) is 21.7. The van der Waals surface area contributed by atoms with Crippen LogP contribution in [0.1, 0.15) is 26.7 Å². The number of carbonyl (C=O) groups is 1. The molecule has 1 amide bonds. The topological polar surface area (TPSA) is 50.4 Å². The maximum absolute atomic E-state index is 11.3. The second kappa shape index (κ2) is 6.80. The molecule has 1 saturated heterocycles. The Morgan fingerprint density at radius 3 is 3.00 bits per heavy atom. The number of amides is 1. The Balaban J connectivity index is 2.05. The Bertz CT molecular complexity index is 189. The summed E-state index contributed by atoms with van der Waals surface area (Å²) in [6.45, 7) is 6.94. The molecule has 0 saturated carbocycles. The van der Waals surface area contributed by atoms with Crippen molar-refractivity contribution in [2.75, 3.05) is 26.2 Å². The number of hydrogen-bond donors (Lipinski definition) is 2. The van der Waals surface area contributed by atoms with Crippen molar-refractivity contribution in [2.45, 2.75) is 32.8 Å². The Hall–Kier alpha value is -0.610. The van der Waals surface area contributed by atoms with Crippen molar-refractivity contribution in [3.05, 3.63) is 0 Å². The standard InChI is InChI=1S/C11H22N2O2/c1-9(2)15-8-11(14)13-7-10-4-3-5-12-6-10/h9-10,12H,3-8H2,1-2H3,(H,13,14). The largest absolute Gasteiger partial charge is 0.369 e. The van der Waals surface area contributed by atoms with Crippen LogP contribution in [0.4, 0.5) is 0 Å². The average molecular weight is 214 g/mol. The zero-order valence-electron chi connectivity index (χ0n) is 9.71. The van der Waals surface area contributed by atoms with Crippen LogP contribution in [0.3, 0.4) is 0 Å². The molecule has 0 aromatic heterocycles. The molecular weight excluding hydrogens is 192 g/mol. The van der Waals surface area contributed by atoms with E-state index >= 15 is 0 Å². The van der Waals surface area contributed by atoms with Crippen LogP contribution < -0.4 is 10.6 Å². The fourth-order valence-electron chi connectivity index (χ4n) is 1.65. The highest BCUT2D eigenvalue weighted by Gasteiger charge is 2.13. The molecule has 1 atom stereocenters. The second-order valence-corrected chi connectivity index (χ2v) is 4.38. The van der Waals surface area contributed by atoms with E-state index in [0.717, 1.165) is 19.6 Å². The van der Waals surface area contributed by atoms with E-state index in [0.29, 0.717) is 5.92 Å². The minimum Gasteiger partial charge on any atom is -0.369 e. The number of hydrogen-bond acceptors (Lipinski definition) is 3. The Morgan fingerprint density at radius 1 is 1.60 bits per heavy atom. The lowest BCUT2D eigenvalue weighted by Gasteiger charge is -2.22. The van der Waals surface area contributed by atoms with Gasteiger partial charge in [0.15, 0.2) is 0 Å². The average Bonchev–Trinajstić information content (AvgIpc) is 2.25. The lowest BCUT2D eigenvalue weighted by Crippen LogP contribution is -2.39. The van der Waals surface area contributed by atoms with Crippen LogP contribution in [0.2, 0.25) is 0 Å². The summed E-state index contributed by atoms with van der Waals surface area (Å²) >= 11 is 0. The first-order valence-corrected chi connectivity index (χ1v) is 5.77. The molecule has 1 rings (SSSR count). The van der Waals surface area contributed by atoms with Gasteiger partial charge in [0, 0.05) is 6.54 Å². The summed E-state index contributed by atoms with van der Waals surface area (Å²) < 4.78 is 5.22. The van der Waals surface area contributed by atoms with Crippen LogP contribution >= 0.6 is 0 Å². The maximum Gasteiger partial charge on any atom is 0.246 e. The molecule has 1 aliphatic heterocycles. The van der Waals surface area contributed by atoms with Gasteiger partial charge in [-0.15, -0.1) is 0 Å². The SMILES string of the molecule is CC(C)OCC(=O)NCC1CCCNC1. The van der Waals surface area contributed by atoms with Gasteiger partial charge in [0.2, 0.25) is 5.91 Å². The fraction of sp³-hybridized carbons (Fsp3) is 0.909. The number of rotatable bonds is 5. The van der Waals surface area contributed by atoms with Gasteiger partial charge in [0.1, 0.15) is 6.61 Å². The first kappa shape index (κ1) is 12.5. The molecule has 15 heavy (non-hydrogen) atoms. The van der Waals surface area contributed by atoms with Crippen molar-refractivity contribution in [1.82, 2.24) is 10.6 Å².